The van der Waals surface area contributed by atoms with Gasteiger partial charge >= 0.3 is 5.69 Å². The Morgan fingerprint density at radius 1 is 1.37 bits per heavy atom. The SMILES string of the molecule is Cn1ccn(CCC(=O)Nc2cccc(N)c2)c1=O. The minimum atomic E-state index is -0.152. The van der Waals surface area contributed by atoms with E-state index in [1.807, 2.05) is 0 Å². The first-order valence-electron chi connectivity index (χ1n) is 5.93. The Hall–Kier alpha value is -2.50. The number of nitrogens with zero attached hydrogens (tertiary/aromatic N) is 2. The highest BCUT2D eigenvalue weighted by Gasteiger charge is 2.05. The van der Waals surface area contributed by atoms with Gasteiger partial charge in [-0.3, -0.25) is 9.36 Å². The van der Waals surface area contributed by atoms with Crippen molar-refractivity contribution in [2.75, 3.05) is 11.1 Å². The van der Waals surface area contributed by atoms with Gasteiger partial charge in [0.05, 0.1) is 0 Å². The van der Waals surface area contributed by atoms with Crippen molar-refractivity contribution in [3.05, 3.63) is 47.1 Å². The summed E-state index contributed by atoms with van der Waals surface area (Å²) < 4.78 is 2.97. The summed E-state index contributed by atoms with van der Waals surface area (Å²) in [7, 11) is 1.67. The molecule has 0 saturated heterocycles. The van der Waals surface area contributed by atoms with E-state index < -0.39 is 0 Å². The van der Waals surface area contributed by atoms with Crippen molar-refractivity contribution in [1.29, 1.82) is 0 Å². The van der Waals surface area contributed by atoms with Crippen molar-refractivity contribution < 1.29 is 4.79 Å². The molecule has 0 spiro atoms. The first-order chi connectivity index (χ1) is 9.06. The Morgan fingerprint density at radius 2 is 2.16 bits per heavy atom. The molecule has 6 heteroatoms. The number of carbonyl (C=O) groups is 1. The highest BCUT2D eigenvalue weighted by atomic mass is 16.2. The van der Waals surface area contributed by atoms with Gasteiger partial charge in [-0.25, -0.2) is 4.79 Å². The number of nitrogens with two attached hydrogens (primary N) is 1. The normalized spacial score (nSPS) is 10.4. The number of carbonyl (C=O) groups excluding carboxylic acids is 1. The lowest BCUT2D eigenvalue weighted by atomic mass is 10.2. The monoisotopic (exact) mass is 260 g/mol. The highest BCUT2D eigenvalue weighted by Crippen LogP contribution is 2.11. The molecular formula is C13H16N4O2. The average molecular weight is 260 g/mol. The first-order valence-corrected chi connectivity index (χ1v) is 5.93. The van der Waals surface area contributed by atoms with Crippen molar-refractivity contribution in [3.8, 4) is 0 Å². The lowest BCUT2D eigenvalue weighted by Gasteiger charge is -2.06. The maximum Gasteiger partial charge on any atom is 0.327 e. The summed E-state index contributed by atoms with van der Waals surface area (Å²) in [6.45, 7) is 0.355. The number of nitrogens with one attached hydrogen (secondary N) is 1. The van der Waals surface area contributed by atoms with Gasteiger partial charge in [0, 0.05) is 43.8 Å². The third kappa shape index (κ3) is 3.25. The Bertz CT molecular complexity index is 642. The molecule has 0 fully saturated rings. The fraction of sp³-hybridized carbons (Fsp3) is 0.231. The second-order valence-corrected chi connectivity index (χ2v) is 4.31. The number of anilines is 2. The smallest absolute Gasteiger partial charge is 0.327 e. The van der Waals surface area contributed by atoms with E-state index in [1.165, 1.54) is 9.13 Å². The predicted molar refractivity (Wildman–Crippen MR) is 73.8 cm³/mol. The zero-order valence-electron chi connectivity index (χ0n) is 10.7. The molecule has 0 aliphatic heterocycles. The van der Waals surface area contributed by atoms with E-state index in [1.54, 1.807) is 43.7 Å². The molecule has 0 saturated carbocycles. The number of rotatable bonds is 4. The van der Waals surface area contributed by atoms with Crippen LogP contribution in [0.15, 0.2) is 41.5 Å². The van der Waals surface area contributed by atoms with Crippen molar-refractivity contribution in [2.24, 2.45) is 7.05 Å². The van der Waals surface area contributed by atoms with Crippen LogP contribution in [-0.2, 0) is 18.4 Å². The van der Waals surface area contributed by atoms with Crippen LogP contribution in [0.2, 0.25) is 0 Å². The van der Waals surface area contributed by atoms with Gasteiger partial charge in [-0.1, -0.05) is 6.07 Å². The second kappa shape index (κ2) is 5.43. The molecule has 0 radical (unpaired) electrons. The lowest BCUT2D eigenvalue weighted by molar-refractivity contribution is -0.116. The second-order valence-electron chi connectivity index (χ2n) is 4.31. The van der Waals surface area contributed by atoms with Crippen LogP contribution in [0.1, 0.15) is 6.42 Å². The van der Waals surface area contributed by atoms with E-state index in [-0.39, 0.29) is 18.0 Å². The molecular weight excluding hydrogens is 244 g/mol. The molecule has 0 bridgehead atoms. The van der Waals surface area contributed by atoms with Crippen LogP contribution in [0, 0.1) is 0 Å². The van der Waals surface area contributed by atoms with Crippen molar-refractivity contribution in [2.45, 2.75) is 13.0 Å². The molecule has 2 rings (SSSR count). The Balaban J connectivity index is 1.92. The zero-order chi connectivity index (χ0) is 13.8. The molecule has 1 heterocycles. The summed E-state index contributed by atoms with van der Waals surface area (Å²) in [5.74, 6) is -0.152. The van der Waals surface area contributed by atoms with Crippen molar-refractivity contribution in [1.82, 2.24) is 9.13 Å². The van der Waals surface area contributed by atoms with E-state index in [0.29, 0.717) is 17.9 Å². The number of nitrogen functional groups attached to an aromatic ring is 1. The molecule has 0 aliphatic rings. The van der Waals surface area contributed by atoms with Gasteiger partial charge in [-0.15, -0.1) is 0 Å². The third-order valence-electron chi connectivity index (χ3n) is 2.77. The van der Waals surface area contributed by atoms with E-state index in [0.717, 1.165) is 0 Å². The Labute approximate surface area is 110 Å². The maximum atomic E-state index is 11.7. The molecule has 0 atom stereocenters. The molecule has 0 aliphatic carbocycles. The average Bonchev–Trinajstić information content (AvgIpc) is 2.68. The van der Waals surface area contributed by atoms with E-state index in [2.05, 4.69) is 5.32 Å². The molecule has 100 valence electrons. The quantitative estimate of drug-likeness (QED) is 0.798. The Kier molecular flexibility index (Phi) is 3.70. The summed E-state index contributed by atoms with van der Waals surface area (Å²) >= 11 is 0. The summed E-state index contributed by atoms with van der Waals surface area (Å²) in [5, 5.41) is 2.74. The van der Waals surface area contributed by atoms with Gasteiger partial charge in [0.15, 0.2) is 0 Å². The van der Waals surface area contributed by atoms with Crippen LogP contribution < -0.4 is 16.7 Å². The van der Waals surface area contributed by atoms with Gasteiger partial charge in [-0.2, -0.15) is 0 Å². The van der Waals surface area contributed by atoms with Crippen molar-refractivity contribution in [3.63, 3.8) is 0 Å². The van der Waals surface area contributed by atoms with Crippen LogP contribution in [0.25, 0.3) is 0 Å². The number of imidazole rings is 1. The molecule has 1 aromatic heterocycles. The fourth-order valence-corrected chi connectivity index (χ4v) is 1.74. The van der Waals surface area contributed by atoms with Gasteiger partial charge < -0.3 is 15.6 Å². The summed E-state index contributed by atoms with van der Waals surface area (Å²) in [6.07, 6.45) is 3.56. The van der Waals surface area contributed by atoms with Gasteiger partial charge in [-0.05, 0) is 18.2 Å². The maximum absolute atomic E-state index is 11.7. The minimum absolute atomic E-state index is 0.128. The lowest BCUT2D eigenvalue weighted by Crippen LogP contribution is -2.24. The van der Waals surface area contributed by atoms with Gasteiger partial charge in [0.25, 0.3) is 0 Å². The summed E-state index contributed by atoms with van der Waals surface area (Å²) in [4.78, 5) is 23.3. The van der Waals surface area contributed by atoms with Crippen molar-refractivity contribution >= 4 is 17.3 Å². The third-order valence-corrected chi connectivity index (χ3v) is 2.77. The molecule has 3 N–H and O–H groups in total. The number of hydrogen-bond acceptors (Lipinski definition) is 3. The van der Waals surface area contributed by atoms with E-state index in [9.17, 15) is 9.59 Å². The number of amides is 1. The number of aryl methyl sites for hydroxylation is 2. The van der Waals surface area contributed by atoms with Crippen LogP contribution in [-0.4, -0.2) is 15.0 Å². The fourth-order valence-electron chi connectivity index (χ4n) is 1.74. The molecule has 2 aromatic rings. The number of aromatic nitrogens is 2. The van der Waals surface area contributed by atoms with Crippen LogP contribution in [0.4, 0.5) is 11.4 Å². The molecule has 1 aromatic carbocycles. The number of hydrogen-bond donors (Lipinski definition) is 2. The number of benzene rings is 1. The zero-order valence-corrected chi connectivity index (χ0v) is 10.7. The molecule has 19 heavy (non-hydrogen) atoms. The van der Waals surface area contributed by atoms with Crippen LogP contribution in [0.3, 0.4) is 0 Å². The van der Waals surface area contributed by atoms with Crippen LogP contribution >= 0.6 is 0 Å². The largest absolute Gasteiger partial charge is 0.399 e. The Morgan fingerprint density at radius 3 is 2.79 bits per heavy atom. The standard InChI is InChI=1S/C13H16N4O2/c1-16-7-8-17(13(16)19)6-5-12(18)15-11-4-2-3-10(14)9-11/h2-4,7-9H,5-6,14H2,1H3,(H,15,18). The van der Waals surface area contributed by atoms with Gasteiger partial charge in [0.1, 0.15) is 0 Å². The molecule has 0 unspecified atom stereocenters. The van der Waals surface area contributed by atoms with E-state index in [4.69, 9.17) is 5.73 Å². The van der Waals surface area contributed by atoms with Crippen LogP contribution in [0.5, 0.6) is 0 Å². The first kappa shape index (κ1) is 12.9. The van der Waals surface area contributed by atoms with E-state index >= 15 is 0 Å². The highest BCUT2D eigenvalue weighted by molar-refractivity contribution is 5.91. The summed E-state index contributed by atoms with van der Waals surface area (Å²) in [5.41, 5.74) is 6.75. The minimum Gasteiger partial charge on any atom is -0.399 e. The predicted octanol–water partition coefficient (Wildman–Crippen LogP) is 0.798. The topological polar surface area (TPSA) is 82.1 Å². The molecule has 6 nitrogen and oxygen atoms in total. The summed E-state index contributed by atoms with van der Waals surface area (Å²) in [6, 6.07) is 6.97. The van der Waals surface area contributed by atoms with Gasteiger partial charge in [0.2, 0.25) is 5.91 Å². The molecule has 1 amide bonds.